The van der Waals surface area contributed by atoms with Crippen LogP contribution < -0.4 is 5.32 Å². The van der Waals surface area contributed by atoms with E-state index in [9.17, 15) is 8.78 Å². The van der Waals surface area contributed by atoms with Gasteiger partial charge in [0.05, 0.1) is 13.2 Å². The Balaban J connectivity index is 3.52. The third-order valence-electron chi connectivity index (χ3n) is 1.04. The highest BCUT2D eigenvalue weighted by Crippen LogP contribution is 1.93. The molecular weight excluding hydrogens is 267 g/mol. The van der Waals surface area contributed by atoms with E-state index in [2.05, 4.69) is 5.32 Å². The minimum atomic E-state index is -2.37. The van der Waals surface area contributed by atoms with E-state index >= 15 is 0 Å². The monoisotopic (exact) mass is 277 g/mol. The molecule has 0 aromatic rings. The molecule has 0 spiro atoms. The zero-order valence-electron chi connectivity index (χ0n) is 5.80. The first-order valence-corrected chi connectivity index (χ1v) is 4.34. The highest BCUT2D eigenvalue weighted by molar-refractivity contribution is 14.1. The predicted octanol–water partition coefficient (Wildman–Crippen LogP) is 1.15. The standard InChI is InChI=1S/C6H10F2INO/c7-6(8)3-10-5(4-11)1-2-9/h1-2,5-6,10-11H,3-4H2/b2-1+. The Hall–Kier alpha value is 0.250. The van der Waals surface area contributed by atoms with Crippen molar-refractivity contribution in [1.82, 2.24) is 5.32 Å². The van der Waals surface area contributed by atoms with Crippen molar-refractivity contribution in [2.45, 2.75) is 12.5 Å². The quantitative estimate of drug-likeness (QED) is 0.739. The maximum absolute atomic E-state index is 11.6. The molecule has 0 rings (SSSR count). The number of nitrogens with one attached hydrogen (secondary N) is 1. The molecule has 0 fully saturated rings. The molecule has 0 aliphatic rings. The van der Waals surface area contributed by atoms with E-state index < -0.39 is 6.43 Å². The van der Waals surface area contributed by atoms with E-state index in [0.717, 1.165) is 0 Å². The van der Waals surface area contributed by atoms with Gasteiger partial charge in [-0.15, -0.1) is 0 Å². The van der Waals surface area contributed by atoms with Crippen LogP contribution in [0.2, 0.25) is 0 Å². The molecule has 0 saturated heterocycles. The van der Waals surface area contributed by atoms with Crippen molar-refractivity contribution in [2.24, 2.45) is 0 Å². The molecule has 0 aliphatic carbocycles. The van der Waals surface area contributed by atoms with Crippen LogP contribution in [0.3, 0.4) is 0 Å². The Labute approximate surface area is 77.8 Å². The smallest absolute Gasteiger partial charge is 0.250 e. The molecule has 0 aromatic carbocycles. The molecule has 1 unspecified atom stereocenters. The molecule has 0 aliphatic heterocycles. The van der Waals surface area contributed by atoms with Crippen molar-refractivity contribution >= 4 is 22.6 Å². The van der Waals surface area contributed by atoms with Gasteiger partial charge in [-0.05, 0) is 4.08 Å². The van der Waals surface area contributed by atoms with Crippen LogP contribution in [0.5, 0.6) is 0 Å². The topological polar surface area (TPSA) is 32.3 Å². The van der Waals surface area contributed by atoms with Crippen LogP contribution >= 0.6 is 22.6 Å². The molecule has 66 valence electrons. The normalized spacial score (nSPS) is 14.6. The molecular formula is C6H10F2INO. The van der Waals surface area contributed by atoms with Gasteiger partial charge in [0.2, 0.25) is 0 Å². The fraction of sp³-hybridized carbons (Fsp3) is 0.667. The summed E-state index contributed by atoms with van der Waals surface area (Å²) >= 11 is 1.96. The fourth-order valence-electron chi connectivity index (χ4n) is 0.522. The maximum Gasteiger partial charge on any atom is 0.250 e. The Kier molecular flexibility index (Phi) is 7.09. The summed E-state index contributed by atoms with van der Waals surface area (Å²) in [6.07, 6.45) is -0.741. The molecule has 0 heterocycles. The van der Waals surface area contributed by atoms with Gasteiger partial charge >= 0.3 is 0 Å². The van der Waals surface area contributed by atoms with E-state index in [4.69, 9.17) is 5.11 Å². The number of halogens is 3. The molecule has 2 N–H and O–H groups in total. The second-order valence-corrected chi connectivity index (χ2v) is 2.63. The molecule has 0 aromatic heterocycles. The summed E-state index contributed by atoms with van der Waals surface area (Å²) < 4.78 is 24.9. The summed E-state index contributed by atoms with van der Waals surface area (Å²) in [6, 6.07) is -0.360. The minimum Gasteiger partial charge on any atom is -0.394 e. The molecule has 5 heteroatoms. The molecule has 1 atom stereocenters. The second kappa shape index (κ2) is 6.93. The van der Waals surface area contributed by atoms with Crippen LogP contribution in [-0.2, 0) is 0 Å². The lowest BCUT2D eigenvalue weighted by molar-refractivity contribution is 0.138. The summed E-state index contributed by atoms with van der Waals surface area (Å²) in [6.45, 7) is -0.543. The highest BCUT2D eigenvalue weighted by atomic mass is 127. The lowest BCUT2D eigenvalue weighted by Gasteiger charge is -2.10. The Bertz CT molecular complexity index is 121. The summed E-state index contributed by atoms with van der Waals surface area (Å²) in [5, 5.41) is 11.1. The van der Waals surface area contributed by atoms with Gasteiger partial charge < -0.3 is 10.4 Å². The SMILES string of the molecule is OCC(/C=C/I)NCC(F)F. The first-order chi connectivity index (χ1) is 5.20. The third-order valence-corrected chi connectivity index (χ3v) is 1.45. The summed E-state index contributed by atoms with van der Waals surface area (Å²) in [5.41, 5.74) is 0. The van der Waals surface area contributed by atoms with Crippen LogP contribution in [-0.4, -0.2) is 30.7 Å². The molecule has 11 heavy (non-hydrogen) atoms. The Morgan fingerprint density at radius 1 is 1.55 bits per heavy atom. The van der Waals surface area contributed by atoms with Crippen molar-refractivity contribution < 1.29 is 13.9 Å². The summed E-state index contributed by atoms with van der Waals surface area (Å²) in [4.78, 5) is 0. The number of rotatable bonds is 5. The predicted molar refractivity (Wildman–Crippen MR) is 48.0 cm³/mol. The van der Waals surface area contributed by atoms with Crippen LogP contribution in [0.1, 0.15) is 0 Å². The molecule has 0 radical (unpaired) electrons. The average Bonchev–Trinajstić information content (AvgIpc) is 1.97. The van der Waals surface area contributed by atoms with Gasteiger partial charge in [-0.1, -0.05) is 28.7 Å². The fourth-order valence-corrected chi connectivity index (χ4v) is 1.02. The zero-order chi connectivity index (χ0) is 8.69. The van der Waals surface area contributed by atoms with E-state index in [1.165, 1.54) is 0 Å². The van der Waals surface area contributed by atoms with Gasteiger partial charge in [-0.3, -0.25) is 0 Å². The van der Waals surface area contributed by atoms with Crippen molar-refractivity contribution in [3.8, 4) is 0 Å². The third kappa shape index (κ3) is 6.64. The van der Waals surface area contributed by atoms with Crippen LogP contribution in [0.25, 0.3) is 0 Å². The van der Waals surface area contributed by atoms with Crippen LogP contribution in [0, 0.1) is 0 Å². The maximum atomic E-state index is 11.6. The van der Waals surface area contributed by atoms with Crippen LogP contribution in [0.4, 0.5) is 8.78 Å². The summed E-state index contributed by atoms with van der Waals surface area (Å²) in [7, 11) is 0. The van der Waals surface area contributed by atoms with Crippen molar-refractivity contribution in [1.29, 1.82) is 0 Å². The lowest BCUT2D eigenvalue weighted by atomic mass is 10.3. The van der Waals surface area contributed by atoms with Gasteiger partial charge in [0, 0.05) is 6.04 Å². The highest BCUT2D eigenvalue weighted by Gasteiger charge is 2.05. The molecule has 0 saturated carbocycles. The number of hydrogen-bond acceptors (Lipinski definition) is 2. The van der Waals surface area contributed by atoms with Gasteiger partial charge in [-0.25, -0.2) is 8.78 Å². The summed E-state index contributed by atoms with van der Waals surface area (Å²) in [5.74, 6) is 0. The molecule has 0 amide bonds. The van der Waals surface area contributed by atoms with Gasteiger partial charge in [0.1, 0.15) is 0 Å². The zero-order valence-corrected chi connectivity index (χ0v) is 7.96. The van der Waals surface area contributed by atoms with Crippen molar-refractivity contribution in [3.63, 3.8) is 0 Å². The number of aliphatic hydroxyl groups excluding tert-OH is 1. The van der Waals surface area contributed by atoms with Gasteiger partial charge in [0.15, 0.2) is 0 Å². The van der Waals surface area contributed by atoms with Crippen molar-refractivity contribution in [2.75, 3.05) is 13.2 Å². The average molecular weight is 277 g/mol. The van der Waals surface area contributed by atoms with E-state index in [1.54, 1.807) is 10.2 Å². The van der Waals surface area contributed by atoms with Crippen molar-refractivity contribution in [3.05, 3.63) is 10.2 Å². The second-order valence-electron chi connectivity index (χ2n) is 1.91. The first-order valence-electron chi connectivity index (χ1n) is 3.10. The number of aliphatic hydroxyl groups is 1. The Morgan fingerprint density at radius 2 is 2.18 bits per heavy atom. The van der Waals surface area contributed by atoms with E-state index in [0.29, 0.717) is 0 Å². The number of alkyl halides is 2. The number of hydrogen-bond donors (Lipinski definition) is 2. The van der Waals surface area contributed by atoms with Gasteiger partial charge in [-0.2, -0.15) is 0 Å². The van der Waals surface area contributed by atoms with Gasteiger partial charge in [0.25, 0.3) is 6.43 Å². The minimum absolute atomic E-state index is 0.160. The molecule has 0 bridgehead atoms. The van der Waals surface area contributed by atoms with E-state index in [-0.39, 0.29) is 19.2 Å². The van der Waals surface area contributed by atoms with Crippen LogP contribution in [0.15, 0.2) is 10.2 Å². The molecule has 2 nitrogen and oxygen atoms in total. The van der Waals surface area contributed by atoms with E-state index in [1.807, 2.05) is 22.6 Å². The first kappa shape index (κ1) is 11.2. The Morgan fingerprint density at radius 3 is 2.55 bits per heavy atom. The lowest BCUT2D eigenvalue weighted by Crippen LogP contribution is -2.34. The largest absolute Gasteiger partial charge is 0.394 e.